The van der Waals surface area contributed by atoms with Crippen LogP contribution in [-0.2, 0) is 4.74 Å². The van der Waals surface area contributed by atoms with Crippen LogP contribution in [0.15, 0.2) is 18.2 Å². The molecule has 1 N–H and O–H groups in total. The van der Waals surface area contributed by atoms with Crippen molar-refractivity contribution in [2.24, 2.45) is 0 Å². The highest BCUT2D eigenvalue weighted by Crippen LogP contribution is 2.24. The minimum Gasteiger partial charge on any atom is -0.378 e. The van der Waals surface area contributed by atoms with E-state index in [4.69, 9.17) is 16.3 Å². The average Bonchev–Trinajstić information content (AvgIpc) is 2.23. The summed E-state index contributed by atoms with van der Waals surface area (Å²) in [6, 6.07) is 4.94. The van der Waals surface area contributed by atoms with Crippen molar-refractivity contribution in [1.82, 2.24) is 5.32 Å². The van der Waals surface area contributed by atoms with Crippen molar-refractivity contribution in [3.05, 3.63) is 34.6 Å². The van der Waals surface area contributed by atoms with Crippen molar-refractivity contribution < 1.29 is 9.13 Å². The second-order valence-corrected chi connectivity index (χ2v) is 3.63. The molecular weight excluding hydrogens is 240 g/mol. The largest absolute Gasteiger partial charge is 0.378 e. The lowest BCUT2D eigenvalue weighted by atomic mass is 10.1. The van der Waals surface area contributed by atoms with E-state index in [9.17, 15) is 4.39 Å². The molecule has 1 saturated heterocycles. The summed E-state index contributed by atoms with van der Waals surface area (Å²) in [6.45, 7) is 1.92. The molecule has 0 unspecified atom stereocenters. The number of hydrogen-bond donors (Lipinski definition) is 1. The van der Waals surface area contributed by atoms with Gasteiger partial charge in [0.15, 0.2) is 0 Å². The second kappa shape index (κ2) is 5.66. The van der Waals surface area contributed by atoms with Gasteiger partial charge in [0.2, 0.25) is 0 Å². The van der Waals surface area contributed by atoms with Crippen molar-refractivity contribution in [3.8, 4) is 0 Å². The molecule has 1 atom stereocenters. The van der Waals surface area contributed by atoms with Gasteiger partial charge in [-0.3, -0.25) is 0 Å². The molecule has 2 rings (SSSR count). The van der Waals surface area contributed by atoms with E-state index in [2.05, 4.69) is 5.32 Å². The number of nitrogens with one attached hydrogen (secondary N) is 1. The van der Waals surface area contributed by atoms with Gasteiger partial charge in [-0.15, -0.1) is 12.4 Å². The Morgan fingerprint density at radius 2 is 2.27 bits per heavy atom. The molecule has 1 aromatic carbocycles. The first-order valence-electron chi connectivity index (χ1n) is 4.54. The Labute approximate surface area is 99.2 Å². The molecule has 1 fully saturated rings. The highest BCUT2D eigenvalue weighted by molar-refractivity contribution is 6.30. The summed E-state index contributed by atoms with van der Waals surface area (Å²) in [5, 5.41) is 3.34. The number of benzene rings is 1. The van der Waals surface area contributed by atoms with Gasteiger partial charge < -0.3 is 10.1 Å². The van der Waals surface area contributed by atoms with Crippen molar-refractivity contribution in [2.45, 2.75) is 6.04 Å². The van der Waals surface area contributed by atoms with Crippen LogP contribution < -0.4 is 5.32 Å². The third-order valence-corrected chi connectivity index (χ3v) is 2.57. The quantitative estimate of drug-likeness (QED) is 0.829. The van der Waals surface area contributed by atoms with Gasteiger partial charge in [-0.05, 0) is 6.07 Å². The first-order chi connectivity index (χ1) is 6.79. The van der Waals surface area contributed by atoms with E-state index in [0.717, 1.165) is 6.54 Å². The van der Waals surface area contributed by atoms with E-state index in [1.54, 1.807) is 18.2 Å². The predicted octanol–water partition coefficient (Wildman–Crippen LogP) is 2.56. The monoisotopic (exact) mass is 251 g/mol. The average molecular weight is 252 g/mol. The van der Waals surface area contributed by atoms with Gasteiger partial charge in [0.1, 0.15) is 5.82 Å². The molecule has 1 heterocycles. The highest BCUT2D eigenvalue weighted by Gasteiger charge is 2.19. The zero-order valence-electron chi connectivity index (χ0n) is 8.00. The zero-order valence-corrected chi connectivity index (χ0v) is 9.58. The Bertz CT molecular complexity index is 329. The Morgan fingerprint density at radius 3 is 2.93 bits per heavy atom. The molecule has 1 aromatic rings. The van der Waals surface area contributed by atoms with E-state index in [1.807, 2.05) is 0 Å². The molecule has 2 nitrogen and oxygen atoms in total. The normalized spacial score (nSPS) is 20.8. The fourth-order valence-corrected chi connectivity index (χ4v) is 1.74. The molecule has 5 heteroatoms. The van der Waals surface area contributed by atoms with Crippen molar-refractivity contribution in [1.29, 1.82) is 0 Å². The Kier molecular flexibility index (Phi) is 4.80. The van der Waals surface area contributed by atoms with Crippen LogP contribution in [0.2, 0.25) is 5.02 Å². The lowest BCUT2D eigenvalue weighted by molar-refractivity contribution is 0.0757. The molecule has 1 aliphatic rings. The van der Waals surface area contributed by atoms with Crippen LogP contribution in [0.4, 0.5) is 4.39 Å². The van der Waals surface area contributed by atoms with Gasteiger partial charge in [0, 0.05) is 12.1 Å². The minimum atomic E-state index is -0.350. The van der Waals surface area contributed by atoms with E-state index < -0.39 is 0 Å². The molecule has 0 aromatic heterocycles. The van der Waals surface area contributed by atoms with Gasteiger partial charge in [0.25, 0.3) is 0 Å². The smallest absolute Gasteiger partial charge is 0.146 e. The summed E-state index contributed by atoms with van der Waals surface area (Å²) in [7, 11) is 0. The first-order valence-corrected chi connectivity index (χ1v) is 4.92. The standard InChI is InChI=1S/C10H11ClFNO.ClH/c11-8-3-1-2-7(10(8)12)9-6-14-5-4-13-9;/h1-3,9,13H,4-6H2;1H/t9-;/m0./s1. The number of ether oxygens (including phenoxy) is 1. The second-order valence-electron chi connectivity index (χ2n) is 3.22. The zero-order chi connectivity index (χ0) is 9.97. The molecule has 0 bridgehead atoms. The van der Waals surface area contributed by atoms with E-state index in [0.29, 0.717) is 18.8 Å². The van der Waals surface area contributed by atoms with Crippen LogP contribution in [0.5, 0.6) is 0 Å². The molecule has 1 aliphatic heterocycles. The maximum atomic E-state index is 13.6. The SMILES string of the molecule is Cl.Fc1c(Cl)cccc1[C@@H]1COCCN1. The summed E-state index contributed by atoms with van der Waals surface area (Å²) in [5.74, 6) is -0.350. The van der Waals surface area contributed by atoms with Crippen LogP contribution >= 0.6 is 24.0 Å². The lowest BCUT2D eigenvalue weighted by Crippen LogP contribution is -2.35. The summed E-state index contributed by atoms with van der Waals surface area (Å²) >= 11 is 5.69. The van der Waals surface area contributed by atoms with E-state index in [-0.39, 0.29) is 29.3 Å². The van der Waals surface area contributed by atoms with Crippen LogP contribution in [0.3, 0.4) is 0 Å². The van der Waals surface area contributed by atoms with Crippen LogP contribution in [0.25, 0.3) is 0 Å². The lowest BCUT2D eigenvalue weighted by Gasteiger charge is -2.24. The van der Waals surface area contributed by atoms with Gasteiger partial charge in [0.05, 0.1) is 24.3 Å². The molecular formula is C10H12Cl2FNO. The van der Waals surface area contributed by atoms with E-state index in [1.165, 1.54) is 0 Å². The Hall–Kier alpha value is -0.350. The maximum absolute atomic E-state index is 13.6. The molecule has 0 amide bonds. The molecule has 0 saturated carbocycles. The van der Waals surface area contributed by atoms with Crippen LogP contribution in [0.1, 0.15) is 11.6 Å². The van der Waals surface area contributed by atoms with Crippen LogP contribution in [-0.4, -0.2) is 19.8 Å². The molecule has 0 spiro atoms. The van der Waals surface area contributed by atoms with Gasteiger partial charge in [-0.2, -0.15) is 0 Å². The summed E-state index contributed by atoms with van der Waals surface area (Å²) in [4.78, 5) is 0. The maximum Gasteiger partial charge on any atom is 0.146 e. The molecule has 15 heavy (non-hydrogen) atoms. The van der Waals surface area contributed by atoms with Crippen molar-refractivity contribution in [3.63, 3.8) is 0 Å². The highest BCUT2D eigenvalue weighted by atomic mass is 35.5. The van der Waals surface area contributed by atoms with Gasteiger partial charge in [-0.25, -0.2) is 4.39 Å². The molecule has 0 radical (unpaired) electrons. The minimum absolute atomic E-state index is 0. The Morgan fingerprint density at radius 1 is 1.47 bits per heavy atom. The number of hydrogen-bond acceptors (Lipinski definition) is 2. The number of halogens is 3. The van der Waals surface area contributed by atoms with Crippen LogP contribution in [0, 0.1) is 5.82 Å². The molecule has 0 aliphatic carbocycles. The van der Waals surface area contributed by atoms with Crippen molar-refractivity contribution >= 4 is 24.0 Å². The summed E-state index contributed by atoms with van der Waals surface area (Å²) < 4.78 is 18.8. The van der Waals surface area contributed by atoms with Gasteiger partial charge in [-0.1, -0.05) is 23.7 Å². The number of rotatable bonds is 1. The third kappa shape index (κ3) is 2.82. The van der Waals surface area contributed by atoms with Crippen molar-refractivity contribution in [2.75, 3.05) is 19.8 Å². The predicted molar refractivity (Wildman–Crippen MR) is 60.2 cm³/mol. The fraction of sp³-hybridized carbons (Fsp3) is 0.400. The van der Waals surface area contributed by atoms with E-state index >= 15 is 0 Å². The Balaban J connectivity index is 0.00000112. The fourth-order valence-electron chi connectivity index (χ4n) is 1.55. The summed E-state index contributed by atoms with van der Waals surface area (Å²) in [5.41, 5.74) is 0.581. The first kappa shape index (κ1) is 12.7. The number of morpholine rings is 1. The topological polar surface area (TPSA) is 21.3 Å². The third-order valence-electron chi connectivity index (χ3n) is 2.28. The van der Waals surface area contributed by atoms with Gasteiger partial charge >= 0.3 is 0 Å². The summed E-state index contributed by atoms with van der Waals surface area (Å²) in [6.07, 6.45) is 0. The molecule has 84 valence electrons.